The average molecular weight is 268 g/mol. The second-order valence-corrected chi connectivity index (χ2v) is 6.60. The van der Waals surface area contributed by atoms with Gasteiger partial charge in [-0.25, -0.2) is 0 Å². The zero-order valence-corrected chi connectivity index (χ0v) is 12.8. The summed E-state index contributed by atoms with van der Waals surface area (Å²) >= 11 is 0. The number of hydrogen-bond acceptors (Lipinski definition) is 3. The minimum absolute atomic E-state index is 0.0381. The van der Waals surface area contributed by atoms with Crippen molar-refractivity contribution in [3.05, 3.63) is 0 Å². The molecule has 19 heavy (non-hydrogen) atoms. The van der Waals surface area contributed by atoms with Gasteiger partial charge in [0.2, 0.25) is 0 Å². The fourth-order valence-corrected chi connectivity index (χ4v) is 3.13. The molecule has 0 amide bonds. The van der Waals surface area contributed by atoms with Gasteiger partial charge in [-0.3, -0.25) is 0 Å². The molecule has 2 saturated carbocycles. The van der Waals surface area contributed by atoms with E-state index in [0.717, 1.165) is 31.3 Å². The quantitative estimate of drug-likeness (QED) is 0.604. The van der Waals surface area contributed by atoms with Gasteiger partial charge in [0, 0.05) is 18.1 Å². The van der Waals surface area contributed by atoms with Gasteiger partial charge >= 0.3 is 0 Å². The van der Waals surface area contributed by atoms with E-state index in [1.54, 1.807) is 0 Å². The Kier molecular flexibility index (Phi) is 5.67. The molecule has 2 aliphatic rings. The molecule has 0 aliphatic heterocycles. The molecule has 1 unspecified atom stereocenters. The average Bonchev–Trinajstić information content (AvgIpc) is 3.29. The van der Waals surface area contributed by atoms with Crippen LogP contribution in [-0.2, 0) is 0 Å². The zero-order valence-electron chi connectivity index (χ0n) is 12.8. The number of nitrogens with zero attached hydrogens (tertiary/aromatic N) is 1. The van der Waals surface area contributed by atoms with Crippen molar-refractivity contribution >= 4 is 0 Å². The molecule has 112 valence electrons. The zero-order chi connectivity index (χ0) is 13.7. The van der Waals surface area contributed by atoms with E-state index in [1.807, 2.05) is 0 Å². The molecule has 2 fully saturated rings. The molecule has 0 spiro atoms. The van der Waals surface area contributed by atoms with Gasteiger partial charge in [0.05, 0.1) is 6.61 Å². The molecule has 0 aromatic rings. The number of hydrogen-bond donors (Lipinski definition) is 2. The molecule has 0 aromatic heterocycles. The first-order chi connectivity index (χ1) is 9.23. The third kappa shape index (κ3) is 4.73. The van der Waals surface area contributed by atoms with Gasteiger partial charge < -0.3 is 15.3 Å². The Bertz CT molecular complexity index is 257. The molecule has 0 aromatic carbocycles. The summed E-state index contributed by atoms with van der Waals surface area (Å²) in [6, 6.07) is 0.893. The van der Waals surface area contributed by atoms with Crippen molar-refractivity contribution in [2.45, 2.75) is 70.4 Å². The lowest BCUT2D eigenvalue weighted by molar-refractivity contribution is 0.138. The summed E-state index contributed by atoms with van der Waals surface area (Å²) < 4.78 is 0. The lowest BCUT2D eigenvalue weighted by Crippen LogP contribution is -2.48. The van der Waals surface area contributed by atoms with Crippen molar-refractivity contribution < 1.29 is 5.11 Å². The van der Waals surface area contributed by atoms with E-state index in [0.29, 0.717) is 0 Å². The van der Waals surface area contributed by atoms with Crippen LogP contribution < -0.4 is 5.32 Å². The largest absolute Gasteiger partial charge is 0.394 e. The van der Waals surface area contributed by atoms with Crippen molar-refractivity contribution in [3.8, 4) is 0 Å². The Hall–Kier alpha value is -0.120. The van der Waals surface area contributed by atoms with Crippen LogP contribution in [0, 0.1) is 5.92 Å². The minimum Gasteiger partial charge on any atom is -0.394 e. The van der Waals surface area contributed by atoms with Gasteiger partial charge in [-0.05, 0) is 64.0 Å². The highest BCUT2D eigenvalue weighted by atomic mass is 16.3. The van der Waals surface area contributed by atoms with Gasteiger partial charge in [0.25, 0.3) is 0 Å². The second-order valence-electron chi connectivity index (χ2n) is 6.60. The smallest absolute Gasteiger partial charge is 0.0613 e. The molecule has 2 rings (SSSR count). The first-order valence-corrected chi connectivity index (χ1v) is 8.33. The molecular formula is C16H32N2O. The van der Waals surface area contributed by atoms with Gasteiger partial charge in [-0.2, -0.15) is 0 Å². The highest BCUT2D eigenvalue weighted by molar-refractivity contribution is 4.90. The summed E-state index contributed by atoms with van der Waals surface area (Å²) in [5, 5.41) is 13.2. The number of nitrogens with one attached hydrogen (secondary N) is 1. The fourth-order valence-electron chi connectivity index (χ4n) is 3.13. The van der Waals surface area contributed by atoms with Gasteiger partial charge in [0.1, 0.15) is 0 Å². The third-order valence-corrected chi connectivity index (χ3v) is 4.88. The van der Waals surface area contributed by atoms with E-state index in [2.05, 4.69) is 24.1 Å². The summed E-state index contributed by atoms with van der Waals surface area (Å²) in [6.07, 6.45) is 9.07. The predicted molar refractivity (Wildman–Crippen MR) is 80.3 cm³/mol. The number of aliphatic hydroxyl groups excluding tert-OH is 1. The first-order valence-electron chi connectivity index (χ1n) is 8.33. The van der Waals surface area contributed by atoms with Crippen LogP contribution in [-0.4, -0.2) is 47.8 Å². The SMILES string of the molecule is CCNC(CC)(CO)CCCN(CC1CC1)C1CC1. The van der Waals surface area contributed by atoms with Crippen molar-refractivity contribution in [3.63, 3.8) is 0 Å². The molecule has 0 bridgehead atoms. The fraction of sp³-hybridized carbons (Fsp3) is 1.00. The van der Waals surface area contributed by atoms with Crippen LogP contribution in [0.4, 0.5) is 0 Å². The topological polar surface area (TPSA) is 35.5 Å². The molecule has 3 nitrogen and oxygen atoms in total. The molecule has 2 aliphatic carbocycles. The highest BCUT2D eigenvalue weighted by Crippen LogP contribution is 2.35. The van der Waals surface area contributed by atoms with Crippen LogP contribution in [0.5, 0.6) is 0 Å². The molecular weight excluding hydrogens is 236 g/mol. The predicted octanol–water partition coefficient (Wildman–Crippen LogP) is 2.39. The Morgan fingerprint density at radius 2 is 1.95 bits per heavy atom. The van der Waals surface area contributed by atoms with E-state index in [4.69, 9.17) is 0 Å². The minimum atomic E-state index is -0.0381. The maximum absolute atomic E-state index is 9.67. The normalized spacial score (nSPS) is 22.7. The van der Waals surface area contributed by atoms with E-state index in [-0.39, 0.29) is 12.1 Å². The standard InChI is InChI=1S/C16H32N2O/c1-3-16(13-19,17-4-2)10-5-11-18(15-8-9-15)12-14-6-7-14/h14-15,17,19H,3-13H2,1-2H3. The number of aliphatic hydroxyl groups is 1. The van der Waals surface area contributed by atoms with Gasteiger partial charge in [0.15, 0.2) is 0 Å². The van der Waals surface area contributed by atoms with Crippen LogP contribution in [0.25, 0.3) is 0 Å². The van der Waals surface area contributed by atoms with Crippen LogP contribution >= 0.6 is 0 Å². The first kappa shape index (κ1) is 15.3. The lowest BCUT2D eigenvalue weighted by Gasteiger charge is -2.33. The van der Waals surface area contributed by atoms with Crippen LogP contribution in [0.15, 0.2) is 0 Å². The van der Waals surface area contributed by atoms with Crippen molar-refractivity contribution in [2.75, 3.05) is 26.2 Å². The Morgan fingerprint density at radius 3 is 2.42 bits per heavy atom. The Balaban J connectivity index is 1.72. The van der Waals surface area contributed by atoms with Crippen LogP contribution in [0.3, 0.4) is 0 Å². The van der Waals surface area contributed by atoms with Crippen LogP contribution in [0.2, 0.25) is 0 Å². The third-order valence-electron chi connectivity index (χ3n) is 4.88. The maximum Gasteiger partial charge on any atom is 0.0613 e. The van der Waals surface area contributed by atoms with E-state index >= 15 is 0 Å². The summed E-state index contributed by atoms with van der Waals surface area (Å²) in [5.41, 5.74) is -0.0381. The monoisotopic (exact) mass is 268 g/mol. The number of rotatable bonds is 11. The van der Waals surface area contributed by atoms with E-state index in [1.165, 1.54) is 45.2 Å². The molecule has 0 heterocycles. The molecule has 2 N–H and O–H groups in total. The number of likely N-dealkylation sites (N-methyl/N-ethyl adjacent to an activating group) is 1. The lowest BCUT2D eigenvalue weighted by atomic mass is 9.91. The summed E-state index contributed by atoms with van der Waals surface area (Å²) in [7, 11) is 0. The second kappa shape index (κ2) is 7.05. The molecule has 1 atom stereocenters. The Labute approximate surface area is 118 Å². The van der Waals surface area contributed by atoms with Gasteiger partial charge in [-0.15, -0.1) is 0 Å². The summed E-state index contributed by atoms with van der Waals surface area (Å²) in [4.78, 5) is 2.72. The van der Waals surface area contributed by atoms with E-state index in [9.17, 15) is 5.11 Å². The summed E-state index contributed by atoms with van der Waals surface area (Å²) in [6.45, 7) is 8.09. The molecule has 0 radical (unpaired) electrons. The van der Waals surface area contributed by atoms with Crippen molar-refractivity contribution in [1.82, 2.24) is 10.2 Å². The molecule has 0 saturated heterocycles. The Morgan fingerprint density at radius 1 is 1.21 bits per heavy atom. The maximum atomic E-state index is 9.67. The van der Waals surface area contributed by atoms with Crippen molar-refractivity contribution in [2.24, 2.45) is 5.92 Å². The van der Waals surface area contributed by atoms with Crippen molar-refractivity contribution in [1.29, 1.82) is 0 Å². The molecule has 3 heteroatoms. The van der Waals surface area contributed by atoms with Gasteiger partial charge in [-0.1, -0.05) is 13.8 Å². The highest BCUT2D eigenvalue weighted by Gasteiger charge is 2.34. The van der Waals surface area contributed by atoms with E-state index < -0.39 is 0 Å². The van der Waals surface area contributed by atoms with Crippen LogP contribution in [0.1, 0.15) is 58.8 Å². The summed E-state index contributed by atoms with van der Waals surface area (Å²) in [5.74, 6) is 1.00.